The summed E-state index contributed by atoms with van der Waals surface area (Å²) in [4.78, 5) is 13.7. The highest BCUT2D eigenvalue weighted by Gasteiger charge is 2.12. The second kappa shape index (κ2) is 8.55. The van der Waals surface area contributed by atoms with Gasteiger partial charge in [-0.1, -0.05) is 19.1 Å². The quantitative estimate of drug-likeness (QED) is 0.807. The molecule has 2 amide bonds. The molecule has 0 aliphatic carbocycles. The Morgan fingerprint density at radius 1 is 1.45 bits per heavy atom. The Bertz CT molecular complexity index is 417. The molecule has 0 aromatic heterocycles. The SMILES string of the molecule is CCCN(CCO)C(=O)Nc1cccc(C(C)OC)c1. The van der Waals surface area contributed by atoms with Crippen molar-refractivity contribution >= 4 is 11.7 Å². The Morgan fingerprint density at radius 3 is 2.80 bits per heavy atom. The van der Waals surface area contributed by atoms with E-state index in [2.05, 4.69) is 5.32 Å². The average Bonchev–Trinajstić information content (AvgIpc) is 2.46. The van der Waals surface area contributed by atoms with Gasteiger partial charge in [-0.15, -0.1) is 0 Å². The molecule has 0 heterocycles. The van der Waals surface area contributed by atoms with E-state index >= 15 is 0 Å². The van der Waals surface area contributed by atoms with Crippen LogP contribution in [0.2, 0.25) is 0 Å². The van der Waals surface area contributed by atoms with Gasteiger partial charge in [0.15, 0.2) is 0 Å². The zero-order chi connectivity index (χ0) is 15.0. The molecule has 0 saturated heterocycles. The van der Waals surface area contributed by atoms with Crippen LogP contribution in [0, 0.1) is 0 Å². The number of carbonyl (C=O) groups is 1. The number of urea groups is 1. The fourth-order valence-electron chi connectivity index (χ4n) is 1.91. The first-order valence-corrected chi connectivity index (χ1v) is 6.91. The molecule has 1 unspecified atom stereocenters. The van der Waals surface area contributed by atoms with E-state index in [1.165, 1.54) is 0 Å². The molecule has 2 N–H and O–H groups in total. The Labute approximate surface area is 120 Å². The number of nitrogens with one attached hydrogen (secondary N) is 1. The van der Waals surface area contributed by atoms with Gasteiger partial charge < -0.3 is 20.1 Å². The van der Waals surface area contributed by atoms with Crippen molar-refractivity contribution in [3.8, 4) is 0 Å². The minimum absolute atomic E-state index is 0.0176. The first-order chi connectivity index (χ1) is 9.62. The number of hydrogen-bond donors (Lipinski definition) is 2. The van der Waals surface area contributed by atoms with Crippen LogP contribution in [-0.4, -0.2) is 42.8 Å². The molecule has 1 atom stereocenters. The molecular formula is C15H24N2O3. The van der Waals surface area contributed by atoms with Gasteiger partial charge >= 0.3 is 6.03 Å². The van der Waals surface area contributed by atoms with Crippen LogP contribution in [0.25, 0.3) is 0 Å². The summed E-state index contributed by atoms with van der Waals surface area (Å²) in [7, 11) is 1.65. The second-order valence-electron chi connectivity index (χ2n) is 4.64. The van der Waals surface area contributed by atoms with Crippen LogP contribution in [0.5, 0.6) is 0 Å². The fraction of sp³-hybridized carbons (Fsp3) is 0.533. The van der Waals surface area contributed by atoms with Gasteiger partial charge in [-0.2, -0.15) is 0 Å². The molecule has 0 aliphatic rings. The molecule has 5 nitrogen and oxygen atoms in total. The van der Waals surface area contributed by atoms with Crippen LogP contribution in [0.1, 0.15) is 31.9 Å². The number of amides is 2. The predicted octanol–water partition coefficient (Wildman–Crippen LogP) is 2.63. The van der Waals surface area contributed by atoms with Crippen LogP contribution >= 0.6 is 0 Å². The zero-order valence-corrected chi connectivity index (χ0v) is 12.4. The average molecular weight is 280 g/mol. The van der Waals surface area contributed by atoms with Gasteiger partial charge in [0.05, 0.1) is 12.7 Å². The molecule has 112 valence electrons. The highest BCUT2D eigenvalue weighted by atomic mass is 16.5. The number of aliphatic hydroxyl groups is 1. The van der Waals surface area contributed by atoms with Crippen molar-refractivity contribution in [2.24, 2.45) is 0 Å². The molecule has 1 rings (SSSR count). The summed E-state index contributed by atoms with van der Waals surface area (Å²) in [6.07, 6.45) is 0.838. The lowest BCUT2D eigenvalue weighted by Crippen LogP contribution is -2.37. The Kier molecular flexibility index (Phi) is 7.04. The van der Waals surface area contributed by atoms with Crippen molar-refractivity contribution < 1.29 is 14.6 Å². The molecular weight excluding hydrogens is 256 g/mol. The highest BCUT2D eigenvalue weighted by Crippen LogP contribution is 2.19. The van der Waals surface area contributed by atoms with E-state index in [-0.39, 0.29) is 18.7 Å². The minimum Gasteiger partial charge on any atom is -0.395 e. The van der Waals surface area contributed by atoms with E-state index in [1.54, 1.807) is 12.0 Å². The summed E-state index contributed by atoms with van der Waals surface area (Å²) in [6.45, 7) is 4.89. The maximum atomic E-state index is 12.1. The number of nitrogens with zero attached hydrogens (tertiary/aromatic N) is 1. The Hall–Kier alpha value is -1.59. The van der Waals surface area contributed by atoms with Crippen molar-refractivity contribution in [1.82, 2.24) is 4.90 Å². The maximum absolute atomic E-state index is 12.1. The van der Waals surface area contributed by atoms with E-state index in [4.69, 9.17) is 9.84 Å². The molecule has 1 aromatic carbocycles. The monoisotopic (exact) mass is 280 g/mol. The van der Waals surface area contributed by atoms with Crippen LogP contribution in [0.15, 0.2) is 24.3 Å². The van der Waals surface area contributed by atoms with Crippen LogP contribution < -0.4 is 5.32 Å². The molecule has 1 aromatic rings. The van der Waals surface area contributed by atoms with E-state index in [9.17, 15) is 4.79 Å². The van der Waals surface area contributed by atoms with Gasteiger partial charge in [-0.05, 0) is 31.0 Å². The number of anilines is 1. The Morgan fingerprint density at radius 2 is 2.20 bits per heavy atom. The number of benzene rings is 1. The molecule has 0 fully saturated rings. The Balaban J connectivity index is 2.73. The van der Waals surface area contributed by atoms with Crippen molar-refractivity contribution in [2.45, 2.75) is 26.4 Å². The van der Waals surface area contributed by atoms with Gasteiger partial charge in [0, 0.05) is 25.9 Å². The lowest BCUT2D eigenvalue weighted by molar-refractivity contribution is 0.119. The number of aliphatic hydroxyl groups excluding tert-OH is 1. The summed E-state index contributed by atoms with van der Waals surface area (Å²) in [5.41, 5.74) is 1.74. The minimum atomic E-state index is -0.192. The van der Waals surface area contributed by atoms with Gasteiger partial charge in [-0.25, -0.2) is 4.79 Å². The molecule has 5 heteroatoms. The highest BCUT2D eigenvalue weighted by molar-refractivity contribution is 5.89. The number of methoxy groups -OCH3 is 1. The third-order valence-electron chi connectivity index (χ3n) is 3.11. The van der Waals surface area contributed by atoms with E-state index in [0.717, 1.165) is 17.7 Å². The van der Waals surface area contributed by atoms with Crippen molar-refractivity contribution in [2.75, 3.05) is 32.1 Å². The normalized spacial score (nSPS) is 12.0. The van der Waals surface area contributed by atoms with E-state index < -0.39 is 0 Å². The first-order valence-electron chi connectivity index (χ1n) is 6.91. The van der Waals surface area contributed by atoms with Gasteiger partial charge in [0.25, 0.3) is 0 Å². The van der Waals surface area contributed by atoms with Gasteiger partial charge in [0.1, 0.15) is 0 Å². The van der Waals surface area contributed by atoms with Crippen molar-refractivity contribution in [3.05, 3.63) is 29.8 Å². The van der Waals surface area contributed by atoms with Crippen LogP contribution in [0.3, 0.4) is 0 Å². The van der Waals surface area contributed by atoms with E-state index in [0.29, 0.717) is 13.1 Å². The summed E-state index contributed by atoms with van der Waals surface area (Å²) in [5.74, 6) is 0. The molecule has 20 heavy (non-hydrogen) atoms. The molecule has 0 aliphatic heterocycles. The molecule has 0 saturated carbocycles. The van der Waals surface area contributed by atoms with E-state index in [1.807, 2.05) is 38.1 Å². The smallest absolute Gasteiger partial charge is 0.321 e. The largest absolute Gasteiger partial charge is 0.395 e. The number of carbonyl (C=O) groups excluding carboxylic acids is 1. The maximum Gasteiger partial charge on any atom is 0.321 e. The summed E-state index contributed by atoms with van der Waals surface area (Å²) in [5, 5.41) is 11.8. The topological polar surface area (TPSA) is 61.8 Å². The molecule has 0 radical (unpaired) electrons. The third kappa shape index (κ3) is 4.83. The summed E-state index contributed by atoms with van der Waals surface area (Å²) < 4.78 is 5.26. The molecule has 0 bridgehead atoms. The van der Waals surface area contributed by atoms with Crippen molar-refractivity contribution in [3.63, 3.8) is 0 Å². The lowest BCUT2D eigenvalue weighted by atomic mass is 10.1. The second-order valence-corrected chi connectivity index (χ2v) is 4.64. The summed E-state index contributed by atoms with van der Waals surface area (Å²) >= 11 is 0. The standard InChI is InChI=1S/C15H24N2O3/c1-4-8-17(9-10-18)15(19)16-14-7-5-6-13(11-14)12(2)20-3/h5-7,11-12,18H,4,8-10H2,1-3H3,(H,16,19). The summed E-state index contributed by atoms with van der Waals surface area (Å²) in [6, 6.07) is 7.39. The third-order valence-corrected chi connectivity index (χ3v) is 3.11. The first kappa shape index (κ1) is 16.5. The number of rotatable bonds is 7. The molecule has 0 spiro atoms. The lowest BCUT2D eigenvalue weighted by Gasteiger charge is -2.22. The van der Waals surface area contributed by atoms with Gasteiger partial charge in [0.2, 0.25) is 0 Å². The number of ether oxygens (including phenoxy) is 1. The van der Waals surface area contributed by atoms with Crippen LogP contribution in [-0.2, 0) is 4.74 Å². The predicted molar refractivity (Wildman–Crippen MR) is 79.8 cm³/mol. The number of hydrogen-bond acceptors (Lipinski definition) is 3. The fourth-order valence-corrected chi connectivity index (χ4v) is 1.91. The van der Waals surface area contributed by atoms with Gasteiger partial charge in [-0.3, -0.25) is 0 Å². The zero-order valence-electron chi connectivity index (χ0n) is 12.4. The van der Waals surface area contributed by atoms with Crippen LogP contribution in [0.4, 0.5) is 10.5 Å². The van der Waals surface area contributed by atoms with Crippen molar-refractivity contribution in [1.29, 1.82) is 0 Å².